The lowest BCUT2D eigenvalue weighted by atomic mass is 10.0. The highest BCUT2D eigenvalue weighted by molar-refractivity contribution is 6.35. The average molecular weight is 332 g/mol. The minimum atomic E-state index is -1.06. The summed E-state index contributed by atoms with van der Waals surface area (Å²) >= 11 is 0. The van der Waals surface area contributed by atoms with Crippen molar-refractivity contribution in [1.29, 1.82) is 0 Å². The Hall–Kier alpha value is -2.70. The lowest BCUT2D eigenvalue weighted by Crippen LogP contribution is -2.53. The maximum absolute atomic E-state index is 12.8. The molecule has 0 unspecified atom stereocenters. The molecule has 0 saturated carbocycles. The second-order valence-electron chi connectivity index (χ2n) is 5.80. The standard InChI is InChI=1S/C17H20N2O5/c1-11(20)15(21)18-13(10-12-6-3-2-4-7-12)16(22)19-9-5-8-14(19)17(23)24/h2-4,6-7,13-14H,5,8-10H2,1H3,(H,18,21)(H,23,24)/t13-,14-/m0/s1. The number of hydrogen-bond donors (Lipinski definition) is 2. The highest BCUT2D eigenvalue weighted by atomic mass is 16.4. The van der Waals surface area contributed by atoms with Crippen LogP contribution >= 0.6 is 0 Å². The Labute approximate surface area is 139 Å². The molecule has 128 valence electrons. The smallest absolute Gasteiger partial charge is 0.326 e. The molecule has 2 amide bonds. The zero-order valence-corrected chi connectivity index (χ0v) is 13.4. The Bertz CT molecular complexity index is 644. The van der Waals surface area contributed by atoms with E-state index in [4.69, 9.17) is 0 Å². The molecule has 24 heavy (non-hydrogen) atoms. The van der Waals surface area contributed by atoms with Gasteiger partial charge in [0.15, 0.2) is 0 Å². The van der Waals surface area contributed by atoms with Crippen LogP contribution in [0.5, 0.6) is 0 Å². The maximum Gasteiger partial charge on any atom is 0.326 e. The lowest BCUT2D eigenvalue weighted by Gasteiger charge is -2.27. The molecule has 2 N–H and O–H groups in total. The third-order valence-electron chi connectivity index (χ3n) is 4.03. The van der Waals surface area contributed by atoms with E-state index in [0.717, 1.165) is 12.5 Å². The fraction of sp³-hybridized carbons (Fsp3) is 0.412. The van der Waals surface area contributed by atoms with Gasteiger partial charge in [-0.3, -0.25) is 14.4 Å². The number of likely N-dealkylation sites (tertiary alicyclic amines) is 1. The van der Waals surface area contributed by atoms with Crippen LogP contribution in [0.25, 0.3) is 0 Å². The van der Waals surface area contributed by atoms with Gasteiger partial charge in [0.1, 0.15) is 12.1 Å². The minimum Gasteiger partial charge on any atom is -0.480 e. The molecule has 1 fully saturated rings. The molecular weight excluding hydrogens is 312 g/mol. The van der Waals surface area contributed by atoms with Crippen LogP contribution in [-0.2, 0) is 25.6 Å². The Balaban J connectivity index is 2.20. The van der Waals surface area contributed by atoms with Crippen molar-refractivity contribution in [2.24, 2.45) is 0 Å². The van der Waals surface area contributed by atoms with E-state index in [9.17, 15) is 24.3 Å². The summed E-state index contributed by atoms with van der Waals surface area (Å²) in [4.78, 5) is 48.3. The highest BCUT2D eigenvalue weighted by Crippen LogP contribution is 2.19. The molecule has 7 heteroatoms. The summed E-state index contributed by atoms with van der Waals surface area (Å²) in [6.07, 6.45) is 1.18. The third-order valence-corrected chi connectivity index (χ3v) is 4.03. The van der Waals surface area contributed by atoms with Crippen LogP contribution in [-0.4, -0.2) is 52.2 Å². The fourth-order valence-corrected chi connectivity index (χ4v) is 2.80. The Morgan fingerprint density at radius 1 is 1.25 bits per heavy atom. The number of nitrogens with one attached hydrogen (secondary N) is 1. The van der Waals surface area contributed by atoms with Gasteiger partial charge in [0, 0.05) is 19.9 Å². The van der Waals surface area contributed by atoms with E-state index in [0.29, 0.717) is 19.4 Å². The molecule has 0 spiro atoms. The van der Waals surface area contributed by atoms with Gasteiger partial charge >= 0.3 is 5.97 Å². The van der Waals surface area contributed by atoms with Crippen molar-refractivity contribution < 1.29 is 24.3 Å². The van der Waals surface area contributed by atoms with Crippen LogP contribution in [0.2, 0.25) is 0 Å². The fourth-order valence-electron chi connectivity index (χ4n) is 2.80. The van der Waals surface area contributed by atoms with E-state index in [-0.39, 0.29) is 6.42 Å². The molecule has 1 heterocycles. The van der Waals surface area contributed by atoms with Gasteiger partial charge in [-0.05, 0) is 18.4 Å². The van der Waals surface area contributed by atoms with Crippen LogP contribution in [0, 0.1) is 0 Å². The first-order valence-corrected chi connectivity index (χ1v) is 7.78. The van der Waals surface area contributed by atoms with Crippen LogP contribution in [0.3, 0.4) is 0 Å². The van der Waals surface area contributed by atoms with Crippen molar-refractivity contribution in [1.82, 2.24) is 10.2 Å². The van der Waals surface area contributed by atoms with Crippen molar-refractivity contribution in [3.63, 3.8) is 0 Å². The number of benzene rings is 1. The van der Waals surface area contributed by atoms with Gasteiger partial charge in [0.05, 0.1) is 0 Å². The number of carbonyl (C=O) groups excluding carboxylic acids is 3. The minimum absolute atomic E-state index is 0.196. The molecule has 1 aromatic rings. The van der Waals surface area contributed by atoms with Crippen LogP contribution in [0.4, 0.5) is 0 Å². The van der Waals surface area contributed by atoms with E-state index < -0.39 is 35.7 Å². The third kappa shape index (κ3) is 4.18. The van der Waals surface area contributed by atoms with Crippen LogP contribution < -0.4 is 5.32 Å². The molecule has 0 bridgehead atoms. The summed E-state index contributed by atoms with van der Waals surface area (Å²) in [5, 5.41) is 11.7. The summed E-state index contributed by atoms with van der Waals surface area (Å²) in [5.41, 5.74) is 0.811. The van der Waals surface area contributed by atoms with Gasteiger partial charge in [0.2, 0.25) is 11.7 Å². The first kappa shape index (κ1) is 17.7. The van der Waals surface area contributed by atoms with Gasteiger partial charge in [0.25, 0.3) is 5.91 Å². The number of carbonyl (C=O) groups is 4. The molecule has 1 aliphatic rings. The van der Waals surface area contributed by atoms with Crippen molar-refractivity contribution >= 4 is 23.6 Å². The number of rotatable bonds is 6. The van der Waals surface area contributed by atoms with E-state index in [2.05, 4.69) is 5.32 Å². The normalized spacial score (nSPS) is 18.0. The van der Waals surface area contributed by atoms with Crippen LogP contribution in [0.15, 0.2) is 30.3 Å². The molecule has 1 aliphatic heterocycles. The van der Waals surface area contributed by atoms with Crippen molar-refractivity contribution in [2.75, 3.05) is 6.54 Å². The van der Waals surface area contributed by atoms with Crippen molar-refractivity contribution in [3.05, 3.63) is 35.9 Å². The second-order valence-corrected chi connectivity index (χ2v) is 5.80. The molecule has 7 nitrogen and oxygen atoms in total. The largest absolute Gasteiger partial charge is 0.480 e. The maximum atomic E-state index is 12.8. The summed E-state index contributed by atoms with van der Waals surface area (Å²) in [5.74, 6) is -3.08. The van der Waals surface area contributed by atoms with Gasteiger partial charge < -0.3 is 15.3 Å². The Kier molecular flexibility index (Phi) is 5.68. The molecule has 1 saturated heterocycles. The SMILES string of the molecule is CC(=O)C(=O)N[C@@H](Cc1ccccc1)C(=O)N1CCC[C@H]1C(=O)O. The van der Waals surface area contributed by atoms with Gasteiger partial charge in [-0.15, -0.1) is 0 Å². The quantitative estimate of drug-likeness (QED) is 0.733. The van der Waals surface area contributed by atoms with Gasteiger partial charge in [-0.2, -0.15) is 0 Å². The lowest BCUT2D eigenvalue weighted by molar-refractivity contribution is -0.149. The molecule has 0 aliphatic carbocycles. The first-order valence-electron chi connectivity index (χ1n) is 7.78. The molecule has 2 rings (SSSR count). The van der Waals surface area contributed by atoms with Gasteiger partial charge in [-0.25, -0.2) is 4.79 Å². The Morgan fingerprint density at radius 2 is 1.92 bits per heavy atom. The molecule has 0 aromatic heterocycles. The Morgan fingerprint density at radius 3 is 2.50 bits per heavy atom. The van der Waals surface area contributed by atoms with E-state index in [1.807, 2.05) is 6.07 Å². The van der Waals surface area contributed by atoms with E-state index >= 15 is 0 Å². The number of ketones is 1. The number of carboxylic acid groups (broad SMARTS) is 1. The predicted molar refractivity (Wildman–Crippen MR) is 85.1 cm³/mol. The zero-order valence-electron chi connectivity index (χ0n) is 13.4. The predicted octanol–water partition coefficient (Wildman–Crippen LogP) is 0.378. The van der Waals surface area contributed by atoms with Crippen molar-refractivity contribution in [3.8, 4) is 0 Å². The van der Waals surface area contributed by atoms with Gasteiger partial charge in [-0.1, -0.05) is 30.3 Å². The summed E-state index contributed by atoms with van der Waals surface area (Å²) in [6.45, 7) is 1.45. The first-order chi connectivity index (χ1) is 11.4. The number of aliphatic carboxylic acids is 1. The number of nitrogens with zero attached hydrogens (tertiary/aromatic N) is 1. The zero-order chi connectivity index (χ0) is 17.7. The summed E-state index contributed by atoms with van der Waals surface area (Å²) in [7, 11) is 0. The summed E-state index contributed by atoms with van der Waals surface area (Å²) < 4.78 is 0. The summed E-state index contributed by atoms with van der Waals surface area (Å²) in [6, 6.07) is 7.19. The molecule has 0 radical (unpaired) electrons. The number of Topliss-reactive ketones (excluding diaryl/α,β-unsaturated/α-hetero) is 1. The number of hydrogen-bond acceptors (Lipinski definition) is 4. The average Bonchev–Trinajstić information content (AvgIpc) is 3.04. The number of amides is 2. The van der Waals surface area contributed by atoms with E-state index in [1.165, 1.54) is 4.90 Å². The highest BCUT2D eigenvalue weighted by Gasteiger charge is 2.37. The monoisotopic (exact) mass is 332 g/mol. The van der Waals surface area contributed by atoms with E-state index in [1.54, 1.807) is 24.3 Å². The topological polar surface area (TPSA) is 104 Å². The second kappa shape index (κ2) is 7.72. The molecule has 1 aromatic carbocycles. The molecular formula is C17H20N2O5. The number of carboxylic acids is 1. The molecule has 2 atom stereocenters. The van der Waals surface area contributed by atoms with Crippen LogP contribution in [0.1, 0.15) is 25.3 Å². The van der Waals surface area contributed by atoms with Crippen molar-refractivity contribution in [2.45, 2.75) is 38.3 Å².